The third kappa shape index (κ3) is 30.8. The molecule has 4 heterocycles. The highest BCUT2D eigenvalue weighted by Crippen LogP contribution is 3.00. The Labute approximate surface area is 702 Å². The van der Waals surface area contributed by atoms with Gasteiger partial charge >= 0.3 is 38.2 Å². The first-order valence-corrected chi connectivity index (χ1v) is 50.7. The van der Waals surface area contributed by atoms with E-state index in [1.54, 1.807) is 78.9 Å². The lowest BCUT2D eigenvalue weighted by atomic mass is 9.86. The zero-order chi connectivity index (χ0) is 87.0. The number of benzene rings is 9. The maximum Gasteiger partial charge on any atom is 0.573 e. The molecule has 4 aliphatic rings. The Morgan fingerprint density at radius 2 is 0.689 bits per heavy atom. The molecule has 3 N–H and O–H groups in total. The molecule has 0 aromatic heterocycles. The number of hydrogen-bond acceptors (Lipinski definition) is 12. The molecule has 0 radical (unpaired) electrons. The fourth-order valence-corrected chi connectivity index (χ4v) is 42.6. The monoisotopic (exact) mass is 1890 g/mol. The van der Waals surface area contributed by atoms with E-state index in [0.717, 1.165) is 34.5 Å². The summed E-state index contributed by atoms with van der Waals surface area (Å²) in [4.78, 5) is 3.72. The van der Waals surface area contributed by atoms with E-state index >= 15 is 0 Å². The summed E-state index contributed by atoms with van der Waals surface area (Å²) in [5.74, 6) is -1.49. The summed E-state index contributed by atoms with van der Waals surface area (Å²) >= 11 is 17.0. The number of β-amino-alcohol motifs (C(OH)–C–C–N with tert-alkyl or cyclic N) is 2. The van der Waals surface area contributed by atoms with Crippen LogP contribution in [-0.2, 0) is 24.0 Å². The minimum absolute atomic E-state index is 0.0632. The number of hydrogen-bond donors (Lipinski definition) is 3. The van der Waals surface area contributed by atoms with Crippen LogP contribution in [0.25, 0.3) is 33.4 Å². The molecule has 0 bridgehead atoms. The van der Waals surface area contributed by atoms with Gasteiger partial charge in [-0.15, -0.1) is 158 Å². The number of aliphatic hydroxyl groups is 2. The van der Waals surface area contributed by atoms with E-state index in [1.165, 1.54) is 109 Å². The van der Waals surface area contributed by atoms with Gasteiger partial charge in [-0.3, -0.25) is 0 Å². The zero-order valence-corrected chi connectivity index (χ0v) is 72.5. The number of fused-ring (bicyclic) bond motifs is 3. The van der Waals surface area contributed by atoms with E-state index < -0.39 is 62.5 Å². The molecular weight excluding hydrogens is 1820 g/mol. The van der Waals surface area contributed by atoms with Crippen LogP contribution in [0.3, 0.4) is 0 Å². The molecule has 1 fully saturated rings. The lowest BCUT2D eigenvalue weighted by molar-refractivity contribution is -0.275. The molecule has 644 valence electrons. The number of nitrogens with zero attached hydrogens (tertiary/aromatic N) is 2. The highest BCUT2D eigenvalue weighted by molar-refractivity contribution is 9.06. The largest absolute Gasteiger partial charge is 0.573 e. The average Bonchev–Trinajstić information content (AvgIpc) is 1.53. The van der Waals surface area contributed by atoms with Gasteiger partial charge in [-0.25, -0.2) is 0 Å². The molecule has 9 aromatic rings. The van der Waals surface area contributed by atoms with E-state index in [2.05, 4.69) is 78.4 Å². The minimum Gasteiger partial charge on any atom is -0.406 e. The Kier molecular flexibility index (Phi) is 35.1. The normalized spacial score (nSPS) is 17.0. The number of anilines is 3. The molecule has 41 heteroatoms. The molecule has 12 nitrogen and oxygen atoms in total. The highest BCUT2D eigenvalue weighted by atomic mass is 35.5. The van der Waals surface area contributed by atoms with E-state index in [1.807, 2.05) is 21.9 Å². The molecule has 4 aliphatic heterocycles. The molecule has 9 aromatic carbocycles. The average molecular weight is 1900 g/mol. The van der Waals surface area contributed by atoms with Gasteiger partial charge in [-0.1, -0.05) is 109 Å². The van der Waals surface area contributed by atoms with E-state index in [4.69, 9.17) is 39.5 Å². The SMILES string of the molecule is ClCC1CO1.FC(F)(F)Oc1cccc(-c2cccc3c2CCC(c2cccc(OC(F)(F)F)c2)N3)c1.OC(CCl)CN1c2cccc(-c3cccc(OC(F)(F)F)c3)c2CCC1c1cccc(OC(F)(F)F)c1.OC(CCl)CN1c2cccc(-c3cccc(OC(F)(F)F)c3)c2CCC1c1cccc(OC(F)(F)F)c1.PP(P)P(P)P(P)P. The maximum absolute atomic E-state index is 12.8. The Balaban J connectivity index is 0.000000189. The van der Waals surface area contributed by atoms with Gasteiger partial charge in [0.15, 0.2) is 0 Å². The molecule has 11 atom stereocenters. The van der Waals surface area contributed by atoms with Crippen LogP contribution in [0.4, 0.5) is 96.1 Å². The number of alkyl halides is 21. The lowest BCUT2D eigenvalue weighted by Gasteiger charge is -2.41. The van der Waals surface area contributed by atoms with E-state index in [-0.39, 0.29) is 86.4 Å². The smallest absolute Gasteiger partial charge is 0.406 e. The van der Waals surface area contributed by atoms with Gasteiger partial charge in [0.2, 0.25) is 0 Å². The number of rotatable bonds is 21. The van der Waals surface area contributed by atoms with Crippen molar-refractivity contribution < 1.29 is 122 Å². The third-order valence-electron chi connectivity index (χ3n) is 18.0. The second-order valence-corrected chi connectivity index (χ2v) is 55.5. The van der Waals surface area contributed by atoms with Gasteiger partial charge in [-0.2, -0.15) is 0 Å². The molecule has 0 saturated carbocycles. The van der Waals surface area contributed by atoms with E-state index in [0.29, 0.717) is 106 Å². The second-order valence-electron chi connectivity index (χ2n) is 26.5. The van der Waals surface area contributed by atoms with Crippen LogP contribution in [0.5, 0.6) is 34.5 Å². The van der Waals surface area contributed by atoms with Gasteiger partial charge in [0.1, 0.15) is 34.5 Å². The predicted octanol–water partition coefficient (Wildman–Crippen LogP) is 26.6. The van der Waals surface area contributed by atoms with Crippen LogP contribution in [0, 0.1) is 0 Å². The van der Waals surface area contributed by atoms with Crippen molar-refractivity contribution in [3.05, 3.63) is 234 Å². The molecule has 13 rings (SSSR count). The summed E-state index contributed by atoms with van der Waals surface area (Å²) in [6, 6.07) is 49.1. The van der Waals surface area contributed by atoms with Crippen LogP contribution in [0.2, 0.25) is 0 Å². The molecule has 11 unspecified atom stereocenters. The first-order valence-electron chi connectivity index (χ1n) is 35.5. The number of halogens is 21. The Morgan fingerprint density at radius 1 is 0.395 bits per heavy atom. The van der Waals surface area contributed by atoms with Crippen molar-refractivity contribution in [2.45, 2.75) is 113 Å². The van der Waals surface area contributed by atoms with Gasteiger partial charge in [0.05, 0.1) is 60.7 Å². The second kappa shape index (κ2) is 43.1. The molecule has 0 aliphatic carbocycles. The van der Waals surface area contributed by atoms with Gasteiger partial charge in [0.25, 0.3) is 0 Å². The maximum atomic E-state index is 12.8. The van der Waals surface area contributed by atoms with Crippen LogP contribution in [0.15, 0.2) is 200 Å². The van der Waals surface area contributed by atoms with Crippen molar-refractivity contribution in [1.82, 2.24) is 0 Å². The van der Waals surface area contributed by atoms with Gasteiger partial charge < -0.3 is 58.5 Å². The number of epoxide rings is 1. The summed E-state index contributed by atoms with van der Waals surface area (Å²) in [5, 5.41) is 24.1. The standard InChI is InChI=1S/2C26H22ClF6NO3.C23H17F6NO2.C3H5ClO.H10P8/c2*27-14-18(35)15-34-23(17-5-2-7-20(13-17)37-26(31,32)33)11-10-22-21(8-3-9-24(22)34)16-4-1-6-19(12-16)36-25(28,29)30;24-22(25,26)31-16-6-1-4-14(12-16)18-8-3-9-21-19(18)10-11-20(30-21)15-5-2-7-17(13-15)32-23(27,28)29;4-1-3-2-5-3;1-6(2)8(5)7(3)4/h2*1-9,12-13,18,23,35H,10-11,14-15H2;1-9,12-13,20,30H,10-11H2;3H,1-2H2;1-5H2. The van der Waals surface area contributed by atoms with Crippen molar-refractivity contribution in [1.29, 1.82) is 0 Å². The Morgan fingerprint density at radius 3 is 0.992 bits per heavy atom. The van der Waals surface area contributed by atoms with Crippen molar-refractivity contribution in [2.24, 2.45) is 0 Å². The zero-order valence-electron chi connectivity index (χ0n) is 61.8. The third-order valence-corrected chi connectivity index (χ3v) is 56.9. The molecule has 0 amide bonds. The molecule has 1 saturated heterocycles. The first kappa shape index (κ1) is 96.9. The summed E-state index contributed by atoms with van der Waals surface area (Å²) in [6.07, 6.45) is -27.3. The predicted molar refractivity (Wildman–Crippen MR) is 450 cm³/mol. The van der Waals surface area contributed by atoms with Crippen LogP contribution in [0.1, 0.15) is 70.8 Å². The van der Waals surface area contributed by atoms with Crippen molar-refractivity contribution in [3.63, 3.8) is 0 Å². The summed E-state index contributed by atoms with van der Waals surface area (Å²) in [5.41, 5.74) is 10.2. The lowest BCUT2D eigenvalue weighted by Crippen LogP contribution is -2.39. The Bertz CT molecular complexity index is 4600. The molecule has 119 heavy (non-hydrogen) atoms. The van der Waals surface area contributed by atoms with Crippen LogP contribution >= 0.6 is 100 Å². The fraction of sp³-hybridized carbons (Fsp3) is 0.308. The number of ether oxygens (including phenoxy) is 7. The van der Waals surface area contributed by atoms with Crippen molar-refractivity contribution >= 4 is 117 Å². The first-order chi connectivity index (χ1) is 55.9. The van der Waals surface area contributed by atoms with Crippen LogP contribution < -0.4 is 43.5 Å². The van der Waals surface area contributed by atoms with Crippen molar-refractivity contribution in [3.8, 4) is 67.9 Å². The Hall–Kier alpha value is -5.89. The topological polar surface area (TPSA) is 127 Å². The molecular formula is C78H76Cl3F18N3O9P8. The quantitative estimate of drug-likeness (QED) is 0.0274. The molecule has 0 spiro atoms. The van der Waals surface area contributed by atoms with Gasteiger partial charge in [-0.05, 0) is 217 Å². The fourth-order valence-electron chi connectivity index (χ4n) is 13.3. The summed E-state index contributed by atoms with van der Waals surface area (Å²) in [7, 11) is 14.4. The highest BCUT2D eigenvalue weighted by Gasteiger charge is 2.39. The van der Waals surface area contributed by atoms with E-state index in [9.17, 15) is 89.2 Å². The van der Waals surface area contributed by atoms with Crippen LogP contribution in [-0.4, -0.2) is 104 Å². The number of aliphatic hydroxyl groups excluding tert-OH is 2. The summed E-state index contributed by atoms with van der Waals surface area (Å²) < 4.78 is 257. The van der Waals surface area contributed by atoms with Gasteiger partial charge in [0, 0.05) is 30.2 Å². The van der Waals surface area contributed by atoms with Crippen molar-refractivity contribution in [2.75, 3.05) is 52.5 Å². The summed E-state index contributed by atoms with van der Waals surface area (Å²) in [6.45, 7) is 1.55. The minimum atomic E-state index is -4.84. The number of nitrogens with one attached hydrogen (secondary N) is 1.